The largest absolute Gasteiger partial charge is 0.461 e. The van der Waals surface area contributed by atoms with E-state index < -0.39 is 0 Å². The Kier molecular flexibility index (Phi) is 10.8. The molecule has 0 amide bonds. The summed E-state index contributed by atoms with van der Waals surface area (Å²) < 4.78 is 4.69. The van der Waals surface area contributed by atoms with E-state index in [2.05, 4.69) is 4.74 Å². The SMILES string of the molecule is C/C=C(/C)COC(C)=O.CC. The van der Waals surface area contributed by atoms with E-state index in [0.717, 1.165) is 5.57 Å². The average Bonchev–Trinajstić information content (AvgIpc) is 2.04. The highest BCUT2D eigenvalue weighted by atomic mass is 16.5. The molecular weight excluding hydrogens is 140 g/mol. The van der Waals surface area contributed by atoms with Crippen LogP contribution >= 0.6 is 0 Å². The Morgan fingerprint density at radius 1 is 1.36 bits per heavy atom. The van der Waals surface area contributed by atoms with E-state index in [1.54, 1.807) is 0 Å². The maximum atomic E-state index is 10.2. The van der Waals surface area contributed by atoms with Crippen molar-refractivity contribution in [3.05, 3.63) is 11.6 Å². The van der Waals surface area contributed by atoms with Crippen molar-refractivity contribution < 1.29 is 9.53 Å². The molecular formula is C9H18O2. The van der Waals surface area contributed by atoms with E-state index in [9.17, 15) is 4.79 Å². The van der Waals surface area contributed by atoms with Gasteiger partial charge in [0.1, 0.15) is 6.61 Å². The fraction of sp³-hybridized carbons (Fsp3) is 0.667. The zero-order valence-electron chi connectivity index (χ0n) is 8.10. The van der Waals surface area contributed by atoms with Gasteiger partial charge in [0.05, 0.1) is 0 Å². The van der Waals surface area contributed by atoms with Gasteiger partial charge in [-0.05, 0) is 19.4 Å². The molecule has 0 aliphatic rings. The van der Waals surface area contributed by atoms with Crippen molar-refractivity contribution in [3.8, 4) is 0 Å². The highest BCUT2D eigenvalue weighted by molar-refractivity contribution is 5.66. The Morgan fingerprint density at radius 3 is 2.09 bits per heavy atom. The lowest BCUT2D eigenvalue weighted by molar-refractivity contribution is -0.139. The van der Waals surface area contributed by atoms with Crippen LogP contribution in [0.2, 0.25) is 0 Å². The van der Waals surface area contributed by atoms with E-state index >= 15 is 0 Å². The zero-order chi connectivity index (χ0) is 9.28. The van der Waals surface area contributed by atoms with Crippen molar-refractivity contribution >= 4 is 5.97 Å². The molecule has 0 heterocycles. The lowest BCUT2D eigenvalue weighted by Crippen LogP contribution is -2.00. The summed E-state index contributed by atoms with van der Waals surface area (Å²) in [6.07, 6.45) is 1.92. The topological polar surface area (TPSA) is 26.3 Å². The molecule has 0 N–H and O–H groups in total. The quantitative estimate of drug-likeness (QED) is 0.456. The summed E-state index contributed by atoms with van der Waals surface area (Å²) in [6, 6.07) is 0. The monoisotopic (exact) mass is 158 g/mol. The van der Waals surface area contributed by atoms with Gasteiger partial charge in [0.2, 0.25) is 0 Å². The third-order valence-electron chi connectivity index (χ3n) is 0.996. The van der Waals surface area contributed by atoms with Crippen LogP contribution < -0.4 is 0 Å². The first-order chi connectivity index (χ1) is 5.16. The summed E-state index contributed by atoms with van der Waals surface area (Å²) in [5.74, 6) is -0.226. The highest BCUT2D eigenvalue weighted by Crippen LogP contribution is 1.91. The molecule has 0 radical (unpaired) electrons. The van der Waals surface area contributed by atoms with Crippen LogP contribution in [0.1, 0.15) is 34.6 Å². The number of allylic oxidation sites excluding steroid dienone is 1. The number of hydrogen-bond acceptors (Lipinski definition) is 2. The van der Waals surface area contributed by atoms with Gasteiger partial charge in [-0.15, -0.1) is 0 Å². The lowest BCUT2D eigenvalue weighted by atomic mass is 10.3. The summed E-state index contributed by atoms with van der Waals surface area (Å²) in [4.78, 5) is 10.2. The second-order valence-electron chi connectivity index (χ2n) is 1.92. The molecule has 0 unspecified atom stereocenters. The zero-order valence-corrected chi connectivity index (χ0v) is 8.10. The Balaban J connectivity index is 0. The first-order valence-electron chi connectivity index (χ1n) is 3.92. The molecule has 2 heteroatoms. The first-order valence-corrected chi connectivity index (χ1v) is 3.92. The van der Waals surface area contributed by atoms with Gasteiger partial charge in [-0.25, -0.2) is 0 Å². The number of carbonyl (C=O) groups excluding carboxylic acids is 1. The third-order valence-corrected chi connectivity index (χ3v) is 0.996. The van der Waals surface area contributed by atoms with Crippen molar-refractivity contribution in [2.45, 2.75) is 34.6 Å². The molecule has 0 saturated heterocycles. The maximum absolute atomic E-state index is 10.2. The van der Waals surface area contributed by atoms with Gasteiger partial charge in [0.25, 0.3) is 0 Å². The fourth-order valence-corrected chi connectivity index (χ4v) is 0.299. The molecule has 0 spiro atoms. The Labute approximate surface area is 69.3 Å². The fourth-order valence-electron chi connectivity index (χ4n) is 0.299. The average molecular weight is 158 g/mol. The number of esters is 1. The van der Waals surface area contributed by atoms with Gasteiger partial charge in [-0.1, -0.05) is 19.9 Å². The summed E-state index contributed by atoms with van der Waals surface area (Å²) >= 11 is 0. The van der Waals surface area contributed by atoms with Crippen molar-refractivity contribution in [2.24, 2.45) is 0 Å². The van der Waals surface area contributed by atoms with Gasteiger partial charge in [0, 0.05) is 6.92 Å². The summed E-state index contributed by atoms with van der Waals surface area (Å²) in [5, 5.41) is 0. The van der Waals surface area contributed by atoms with E-state index in [4.69, 9.17) is 0 Å². The van der Waals surface area contributed by atoms with E-state index in [0.29, 0.717) is 6.61 Å². The second-order valence-corrected chi connectivity index (χ2v) is 1.92. The molecule has 0 aromatic carbocycles. The summed E-state index contributed by atoms with van der Waals surface area (Å²) in [6.45, 7) is 9.66. The molecule has 0 aromatic heterocycles. The van der Waals surface area contributed by atoms with Crippen LogP contribution in [0.15, 0.2) is 11.6 Å². The van der Waals surface area contributed by atoms with Crippen LogP contribution in [0.5, 0.6) is 0 Å². The predicted molar refractivity (Wildman–Crippen MR) is 47.4 cm³/mol. The molecule has 0 saturated carbocycles. The lowest BCUT2D eigenvalue weighted by Gasteiger charge is -1.98. The van der Waals surface area contributed by atoms with E-state index in [1.807, 2.05) is 33.8 Å². The molecule has 0 aromatic rings. The Bertz CT molecular complexity index is 126. The molecule has 11 heavy (non-hydrogen) atoms. The minimum absolute atomic E-state index is 0.226. The van der Waals surface area contributed by atoms with Crippen LogP contribution in [0.4, 0.5) is 0 Å². The minimum atomic E-state index is -0.226. The van der Waals surface area contributed by atoms with E-state index in [1.165, 1.54) is 6.92 Å². The second kappa shape index (κ2) is 9.21. The molecule has 0 atom stereocenters. The Morgan fingerprint density at radius 2 is 1.82 bits per heavy atom. The minimum Gasteiger partial charge on any atom is -0.461 e. The van der Waals surface area contributed by atoms with Crippen LogP contribution in [-0.2, 0) is 9.53 Å². The maximum Gasteiger partial charge on any atom is 0.302 e. The molecule has 0 rings (SSSR count). The third kappa shape index (κ3) is 12.4. The molecule has 0 fully saturated rings. The van der Waals surface area contributed by atoms with Crippen LogP contribution in [0.25, 0.3) is 0 Å². The van der Waals surface area contributed by atoms with Gasteiger partial charge >= 0.3 is 5.97 Å². The highest BCUT2D eigenvalue weighted by Gasteiger charge is 1.90. The molecule has 0 bridgehead atoms. The van der Waals surface area contributed by atoms with Crippen molar-refractivity contribution in [3.63, 3.8) is 0 Å². The van der Waals surface area contributed by atoms with Crippen molar-refractivity contribution in [1.29, 1.82) is 0 Å². The molecule has 66 valence electrons. The number of hydrogen-bond donors (Lipinski definition) is 0. The van der Waals surface area contributed by atoms with E-state index in [-0.39, 0.29) is 5.97 Å². The van der Waals surface area contributed by atoms with Gasteiger partial charge in [-0.3, -0.25) is 4.79 Å². The van der Waals surface area contributed by atoms with Gasteiger partial charge < -0.3 is 4.74 Å². The molecule has 2 nitrogen and oxygen atoms in total. The van der Waals surface area contributed by atoms with Crippen LogP contribution in [-0.4, -0.2) is 12.6 Å². The normalized spacial score (nSPS) is 9.73. The standard InChI is InChI=1S/C7H12O2.C2H6/c1-4-6(2)5-9-7(3)8;1-2/h4H,5H2,1-3H3;1-2H3/b6-4-;. The first kappa shape index (κ1) is 12.8. The number of carbonyl (C=O) groups is 1. The Hall–Kier alpha value is -0.790. The van der Waals surface area contributed by atoms with Gasteiger partial charge in [-0.2, -0.15) is 0 Å². The van der Waals surface area contributed by atoms with Crippen molar-refractivity contribution in [2.75, 3.05) is 6.61 Å². The smallest absolute Gasteiger partial charge is 0.302 e. The van der Waals surface area contributed by atoms with Crippen LogP contribution in [0, 0.1) is 0 Å². The van der Waals surface area contributed by atoms with Crippen LogP contribution in [0.3, 0.4) is 0 Å². The molecule has 0 aliphatic heterocycles. The number of rotatable bonds is 2. The summed E-state index contributed by atoms with van der Waals surface area (Å²) in [5.41, 5.74) is 1.07. The number of ether oxygens (including phenoxy) is 1. The van der Waals surface area contributed by atoms with Crippen molar-refractivity contribution in [1.82, 2.24) is 0 Å². The predicted octanol–water partition coefficient (Wildman–Crippen LogP) is 2.54. The van der Waals surface area contributed by atoms with Gasteiger partial charge in [0.15, 0.2) is 0 Å². The molecule has 0 aliphatic carbocycles. The summed E-state index contributed by atoms with van der Waals surface area (Å²) in [7, 11) is 0.